The molecule has 0 saturated heterocycles. The van der Waals surface area contributed by atoms with Crippen molar-refractivity contribution in [1.29, 1.82) is 0 Å². The number of nitrogens with zero attached hydrogens (tertiary/aromatic N) is 3. The van der Waals surface area contributed by atoms with Gasteiger partial charge in [0.05, 0.1) is 12.2 Å². The van der Waals surface area contributed by atoms with E-state index < -0.39 is 5.91 Å². The Morgan fingerprint density at radius 1 is 1.30 bits per heavy atom. The number of carbonyl (C=O) groups is 2. The van der Waals surface area contributed by atoms with Gasteiger partial charge in [-0.25, -0.2) is 9.07 Å². The molecule has 2 amide bonds. The summed E-state index contributed by atoms with van der Waals surface area (Å²) in [6.07, 6.45) is 2.52. The van der Waals surface area contributed by atoms with Gasteiger partial charge in [-0.2, -0.15) is 5.10 Å². The first-order chi connectivity index (χ1) is 11.0. The van der Waals surface area contributed by atoms with Crippen molar-refractivity contribution in [3.8, 4) is 5.69 Å². The number of carbonyl (C=O) groups excluding carboxylic acids is 2. The zero-order valence-electron chi connectivity index (χ0n) is 12.8. The molecular formula is C16H17FN4O2. The predicted octanol–water partition coefficient (Wildman–Crippen LogP) is 1.06. The number of halogens is 1. The first kappa shape index (κ1) is 15.2. The lowest BCUT2D eigenvalue weighted by atomic mass is 10.2. The zero-order chi connectivity index (χ0) is 16.6. The highest BCUT2D eigenvalue weighted by Crippen LogP contribution is 2.28. The first-order valence-corrected chi connectivity index (χ1v) is 7.38. The Hall–Kier alpha value is -2.70. The molecule has 0 spiro atoms. The summed E-state index contributed by atoms with van der Waals surface area (Å²) in [6.45, 7) is -0.156. The van der Waals surface area contributed by atoms with Crippen molar-refractivity contribution < 1.29 is 14.0 Å². The van der Waals surface area contributed by atoms with Gasteiger partial charge in [0.2, 0.25) is 5.91 Å². The number of hydrogen-bond donors (Lipinski definition) is 1. The molecule has 0 bridgehead atoms. The van der Waals surface area contributed by atoms with Crippen LogP contribution in [0.4, 0.5) is 4.39 Å². The van der Waals surface area contributed by atoms with Gasteiger partial charge < -0.3 is 10.6 Å². The Morgan fingerprint density at radius 2 is 2.00 bits per heavy atom. The highest BCUT2D eigenvalue weighted by Gasteiger charge is 2.28. The molecule has 120 valence electrons. The third-order valence-corrected chi connectivity index (χ3v) is 3.94. The minimum absolute atomic E-state index is 0.156. The standard InChI is InChI=1S/C16H17FN4O2/c1-20(9-14(18)22)16(23)15-12-3-2-4-13(12)21(19-15)11-7-5-10(17)6-8-11/h5-8H,2-4,9H2,1H3,(H2,18,22). The molecule has 23 heavy (non-hydrogen) atoms. The normalized spacial score (nSPS) is 13.0. The van der Waals surface area contributed by atoms with Gasteiger partial charge in [-0.1, -0.05) is 0 Å². The second-order valence-electron chi connectivity index (χ2n) is 5.64. The summed E-state index contributed by atoms with van der Waals surface area (Å²) in [4.78, 5) is 24.8. The van der Waals surface area contributed by atoms with Crippen LogP contribution in [-0.2, 0) is 17.6 Å². The highest BCUT2D eigenvalue weighted by atomic mass is 19.1. The van der Waals surface area contributed by atoms with Crippen LogP contribution in [0.2, 0.25) is 0 Å². The molecule has 0 atom stereocenters. The molecule has 0 saturated carbocycles. The molecule has 0 fully saturated rings. The SMILES string of the molecule is CN(CC(N)=O)C(=O)c1nn(-c2ccc(F)cc2)c2c1CCC2. The largest absolute Gasteiger partial charge is 0.368 e. The molecule has 1 heterocycles. The molecule has 0 aliphatic heterocycles. The van der Waals surface area contributed by atoms with E-state index in [0.29, 0.717) is 11.4 Å². The van der Waals surface area contributed by atoms with Crippen molar-refractivity contribution >= 4 is 11.8 Å². The van der Waals surface area contributed by atoms with E-state index >= 15 is 0 Å². The van der Waals surface area contributed by atoms with Crippen LogP contribution < -0.4 is 5.73 Å². The van der Waals surface area contributed by atoms with Crippen molar-refractivity contribution in [3.63, 3.8) is 0 Å². The van der Waals surface area contributed by atoms with E-state index in [9.17, 15) is 14.0 Å². The van der Waals surface area contributed by atoms with Crippen LogP contribution in [0.5, 0.6) is 0 Å². The topological polar surface area (TPSA) is 81.2 Å². The highest BCUT2D eigenvalue weighted by molar-refractivity contribution is 5.96. The Kier molecular flexibility index (Phi) is 3.85. The van der Waals surface area contributed by atoms with Gasteiger partial charge in [0.25, 0.3) is 5.91 Å². The molecule has 1 aromatic carbocycles. The average molecular weight is 316 g/mol. The van der Waals surface area contributed by atoms with Crippen molar-refractivity contribution in [3.05, 3.63) is 47.0 Å². The monoisotopic (exact) mass is 316 g/mol. The maximum atomic E-state index is 13.1. The lowest BCUT2D eigenvalue weighted by molar-refractivity contribution is -0.118. The Labute approximate surface area is 132 Å². The van der Waals surface area contributed by atoms with Crippen LogP contribution in [0.25, 0.3) is 5.69 Å². The number of amides is 2. The summed E-state index contributed by atoms with van der Waals surface area (Å²) >= 11 is 0. The fourth-order valence-electron chi connectivity index (χ4n) is 2.89. The fraction of sp³-hybridized carbons (Fsp3) is 0.312. The van der Waals surface area contributed by atoms with Crippen LogP contribution in [0.3, 0.4) is 0 Å². The number of nitrogens with two attached hydrogens (primary N) is 1. The van der Waals surface area contributed by atoms with Crippen LogP contribution in [0, 0.1) is 5.82 Å². The second kappa shape index (κ2) is 5.83. The van der Waals surface area contributed by atoms with Gasteiger partial charge >= 0.3 is 0 Å². The van der Waals surface area contributed by atoms with Crippen LogP contribution in [0.1, 0.15) is 28.2 Å². The number of benzene rings is 1. The van der Waals surface area contributed by atoms with E-state index in [4.69, 9.17) is 5.73 Å². The quantitative estimate of drug-likeness (QED) is 0.915. The maximum absolute atomic E-state index is 13.1. The van der Waals surface area contributed by atoms with Gasteiger partial charge in [-0.05, 0) is 43.5 Å². The van der Waals surface area contributed by atoms with Crippen molar-refractivity contribution in [2.75, 3.05) is 13.6 Å². The number of likely N-dealkylation sites (N-methyl/N-ethyl adjacent to an activating group) is 1. The smallest absolute Gasteiger partial charge is 0.274 e. The van der Waals surface area contributed by atoms with Gasteiger partial charge in [0.1, 0.15) is 5.82 Å². The molecule has 2 aromatic rings. The lowest BCUT2D eigenvalue weighted by Gasteiger charge is -2.14. The van der Waals surface area contributed by atoms with E-state index in [1.807, 2.05) is 0 Å². The van der Waals surface area contributed by atoms with Crippen molar-refractivity contribution in [2.24, 2.45) is 5.73 Å². The zero-order valence-corrected chi connectivity index (χ0v) is 12.8. The van der Waals surface area contributed by atoms with Crippen molar-refractivity contribution in [1.82, 2.24) is 14.7 Å². The summed E-state index contributed by atoms with van der Waals surface area (Å²) in [5, 5.41) is 4.41. The van der Waals surface area contributed by atoms with Gasteiger partial charge in [0.15, 0.2) is 5.69 Å². The third kappa shape index (κ3) is 2.81. The van der Waals surface area contributed by atoms with E-state index in [0.717, 1.165) is 30.5 Å². The molecule has 1 aromatic heterocycles. The third-order valence-electron chi connectivity index (χ3n) is 3.94. The molecule has 7 heteroatoms. The van der Waals surface area contributed by atoms with E-state index in [1.165, 1.54) is 24.1 Å². The average Bonchev–Trinajstić information content (AvgIpc) is 3.09. The van der Waals surface area contributed by atoms with Crippen LogP contribution in [-0.4, -0.2) is 40.1 Å². The van der Waals surface area contributed by atoms with E-state index in [1.54, 1.807) is 16.8 Å². The molecular weight excluding hydrogens is 299 g/mol. The fourth-order valence-corrected chi connectivity index (χ4v) is 2.89. The number of hydrogen-bond acceptors (Lipinski definition) is 3. The molecule has 0 radical (unpaired) electrons. The maximum Gasteiger partial charge on any atom is 0.274 e. The summed E-state index contributed by atoms with van der Waals surface area (Å²) in [5.74, 6) is -1.23. The van der Waals surface area contributed by atoms with Gasteiger partial charge in [0, 0.05) is 18.3 Å². The van der Waals surface area contributed by atoms with E-state index in [2.05, 4.69) is 5.10 Å². The number of fused-ring (bicyclic) bond motifs is 1. The molecule has 2 N–H and O–H groups in total. The molecule has 1 aliphatic rings. The minimum atomic E-state index is -0.574. The molecule has 0 unspecified atom stereocenters. The molecule has 3 rings (SSSR count). The number of rotatable bonds is 4. The summed E-state index contributed by atoms with van der Waals surface area (Å²) < 4.78 is 14.8. The summed E-state index contributed by atoms with van der Waals surface area (Å²) in [7, 11) is 1.52. The Bertz CT molecular complexity index is 767. The van der Waals surface area contributed by atoms with Crippen LogP contribution >= 0.6 is 0 Å². The Balaban J connectivity index is 2.00. The minimum Gasteiger partial charge on any atom is -0.368 e. The Morgan fingerprint density at radius 3 is 2.65 bits per heavy atom. The summed E-state index contributed by atoms with van der Waals surface area (Å²) in [6, 6.07) is 5.97. The predicted molar refractivity (Wildman–Crippen MR) is 81.7 cm³/mol. The van der Waals surface area contributed by atoms with Crippen LogP contribution in [0.15, 0.2) is 24.3 Å². The molecule has 1 aliphatic carbocycles. The molecule has 6 nitrogen and oxygen atoms in total. The second-order valence-corrected chi connectivity index (χ2v) is 5.64. The van der Waals surface area contributed by atoms with E-state index in [-0.39, 0.29) is 18.3 Å². The summed E-state index contributed by atoms with van der Waals surface area (Å²) in [5.41, 5.74) is 8.05. The first-order valence-electron chi connectivity index (χ1n) is 7.38. The van der Waals surface area contributed by atoms with Gasteiger partial charge in [-0.3, -0.25) is 9.59 Å². The van der Waals surface area contributed by atoms with Crippen molar-refractivity contribution in [2.45, 2.75) is 19.3 Å². The lowest BCUT2D eigenvalue weighted by Crippen LogP contribution is -2.36. The number of aromatic nitrogens is 2. The number of primary amides is 1. The van der Waals surface area contributed by atoms with Gasteiger partial charge in [-0.15, -0.1) is 0 Å².